The van der Waals surface area contributed by atoms with Crippen LogP contribution in [0.5, 0.6) is 17.2 Å². The number of hydrogen-bond donors (Lipinski definition) is 1. The van der Waals surface area contributed by atoms with Gasteiger partial charge in [0.25, 0.3) is 10.0 Å². The summed E-state index contributed by atoms with van der Waals surface area (Å²) in [6, 6.07) is 26.0. The first-order chi connectivity index (χ1) is 23.1. The number of nitrogens with one attached hydrogen (secondary N) is 1. The number of likely N-dealkylation sites (N-methyl/N-ethyl adjacent to an activating group) is 1. The zero-order valence-corrected chi connectivity index (χ0v) is 29.0. The summed E-state index contributed by atoms with van der Waals surface area (Å²) >= 11 is 6.15. The molecule has 4 aromatic carbocycles. The van der Waals surface area contributed by atoms with Crippen molar-refractivity contribution in [3.05, 3.63) is 113 Å². The molecule has 0 aliphatic rings. The number of carbonyl (C=O) groups is 2. The largest absolute Gasteiger partial charge is 0.494 e. The van der Waals surface area contributed by atoms with Crippen LogP contribution >= 0.6 is 11.6 Å². The van der Waals surface area contributed by atoms with Crippen molar-refractivity contribution in [1.82, 2.24) is 10.2 Å². The number of methoxy groups -OCH3 is 2. The fourth-order valence-electron chi connectivity index (χ4n) is 5.14. The van der Waals surface area contributed by atoms with Gasteiger partial charge in [0.05, 0.1) is 31.4 Å². The third-order valence-corrected chi connectivity index (χ3v) is 9.57. The van der Waals surface area contributed by atoms with Crippen LogP contribution in [0.15, 0.2) is 102 Å². The van der Waals surface area contributed by atoms with E-state index in [4.69, 9.17) is 25.8 Å². The van der Waals surface area contributed by atoms with Crippen molar-refractivity contribution < 1.29 is 32.2 Å². The maximum Gasteiger partial charge on any atom is 0.264 e. The maximum absolute atomic E-state index is 14.6. The summed E-state index contributed by atoms with van der Waals surface area (Å²) in [7, 11) is -1.51. The SMILES string of the molecule is CCNC(=O)[C@@H](Cc1ccccc1)N(Cc1ccc(Cl)cc1)C(=O)CN(c1ccc(OCC)cc1)S(=O)(=O)c1ccc(OC)c(OC)c1. The van der Waals surface area contributed by atoms with E-state index >= 15 is 0 Å². The number of rotatable bonds is 16. The molecule has 0 fully saturated rings. The van der Waals surface area contributed by atoms with E-state index in [9.17, 15) is 18.0 Å². The molecule has 0 unspecified atom stereocenters. The first-order valence-electron chi connectivity index (χ1n) is 15.4. The number of anilines is 1. The van der Waals surface area contributed by atoms with Gasteiger partial charge in [-0.05, 0) is 73.5 Å². The number of hydrogen-bond acceptors (Lipinski definition) is 7. The Morgan fingerprint density at radius 2 is 1.50 bits per heavy atom. The molecule has 0 radical (unpaired) electrons. The standard InChI is InChI=1S/C36H40ClN3O7S/c1-5-38-36(42)32(22-26-10-8-7-9-11-26)39(24-27-12-14-28(37)15-13-27)35(41)25-40(29-16-18-30(19-17-29)47-6-2)48(43,44)31-20-21-33(45-3)34(23-31)46-4/h7-21,23,32H,5-6,22,24-25H2,1-4H3,(H,38,42)/t32-/m1/s1. The van der Waals surface area contributed by atoms with Crippen LogP contribution < -0.4 is 23.8 Å². The minimum atomic E-state index is -4.37. The predicted octanol–water partition coefficient (Wildman–Crippen LogP) is 5.73. The molecule has 0 aliphatic carbocycles. The first kappa shape index (κ1) is 36.1. The minimum Gasteiger partial charge on any atom is -0.494 e. The van der Waals surface area contributed by atoms with Crippen LogP contribution in [0.4, 0.5) is 5.69 Å². The maximum atomic E-state index is 14.6. The molecule has 4 rings (SSSR count). The predicted molar refractivity (Wildman–Crippen MR) is 186 cm³/mol. The van der Waals surface area contributed by atoms with Crippen molar-refractivity contribution in [3.63, 3.8) is 0 Å². The van der Waals surface area contributed by atoms with Gasteiger partial charge < -0.3 is 24.4 Å². The van der Waals surface area contributed by atoms with E-state index < -0.39 is 28.5 Å². The highest BCUT2D eigenvalue weighted by molar-refractivity contribution is 7.92. The van der Waals surface area contributed by atoms with Crippen LogP contribution in [0.1, 0.15) is 25.0 Å². The van der Waals surface area contributed by atoms with Gasteiger partial charge in [0.2, 0.25) is 11.8 Å². The molecule has 0 aromatic heterocycles. The Morgan fingerprint density at radius 3 is 2.10 bits per heavy atom. The van der Waals surface area contributed by atoms with Crippen LogP contribution in [-0.4, -0.2) is 65.1 Å². The number of benzene rings is 4. The number of halogens is 1. The number of amides is 2. The lowest BCUT2D eigenvalue weighted by atomic mass is 10.0. The van der Waals surface area contributed by atoms with Gasteiger partial charge in [0, 0.05) is 30.6 Å². The Hall–Kier alpha value is -4.74. The lowest BCUT2D eigenvalue weighted by Gasteiger charge is -2.34. The van der Waals surface area contributed by atoms with E-state index in [0.29, 0.717) is 35.2 Å². The average Bonchev–Trinajstić information content (AvgIpc) is 3.10. The third kappa shape index (κ3) is 8.99. The Kier molecular flexibility index (Phi) is 12.7. The summed E-state index contributed by atoms with van der Waals surface area (Å²) in [6.07, 6.45) is 0.206. The van der Waals surface area contributed by atoms with Crippen LogP contribution in [0.2, 0.25) is 5.02 Å². The van der Waals surface area contributed by atoms with Gasteiger partial charge in [-0.3, -0.25) is 13.9 Å². The molecule has 48 heavy (non-hydrogen) atoms. The van der Waals surface area contributed by atoms with Crippen LogP contribution in [0.25, 0.3) is 0 Å². The molecule has 10 nitrogen and oxygen atoms in total. The Labute approximate surface area is 287 Å². The molecule has 0 spiro atoms. The zero-order chi connectivity index (χ0) is 34.7. The van der Waals surface area contributed by atoms with E-state index in [-0.39, 0.29) is 35.2 Å². The molecule has 2 amide bonds. The molecule has 0 heterocycles. The van der Waals surface area contributed by atoms with E-state index in [0.717, 1.165) is 9.87 Å². The molecule has 4 aromatic rings. The molecule has 0 saturated heterocycles. The summed E-state index contributed by atoms with van der Waals surface area (Å²) in [5.74, 6) is 0.147. The average molecular weight is 694 g/mol. The fourth-order valence-corrected chi connectivity index (χ4v) is 6.70. The van der Waals surface area contributed by atoms with E-state index in [1.165, 1.54) is 37.3 Å². The van der Waals surface area contributed by atoms with Gasteiger partial charge in [-0.2, -0.15) is 0 Å². The van der Waals surface area contributed by atoms with E-state index in [1.54, 1.807) is 55.5 Å². The molecule has 0 aliphatic heterocycles. The van der Waals surface area contributed by atoms with Crippen LogP contribution in [-0.2, 0) is 32.6 Å². The van der Waals surface area contributed by atoms with Crippen molar-refractivity contribution in [1.29, 1.82) is 0 Å². The lowest BCUT2D eigenvalue weighted by Crippen LogP contribution is -2.53. The molecular weight excluding hydrogens is 654 g/mol. The Bertz CT molecular complexity index is 1770. The smallest absolute Gasteiger partial charge is 0.264 e. The second-order valence-electron chi connectivity index (χ2n) is 10.7. The molecule has 0 bridgehead atoms. The van der Waals surface area contributed by atoms with Crippen molar-refractivity contribution in [2.75, 3.05) is 38.2 Å². The number of carbonyl (C=O) groups excluding carboxylic acids is 2. The minimum absolute atomic E-state index is 0.0260. The summed E-state index contributed by atoms with van der Waals surface area (Å²) in [5.41, 5.74) is 1.78. The van der Waals surface area contributed by atoms with Crippen molar-refractivity contribution in [2.45, 2.75) is 37.8 Å². The molecule has 1 atom stereocenters. The third-order valence-electron chi connectivity index (χ3n) is 7.55. The van der Waals surface area contributed by atoms with Gasteiger partial charge >= 0.3 is 0 Å². The van der Waals surface area contributed by atoms with Gasteiger partial charge in [-0.25, -0.2) is 8.42 Å². The molecule has 1 N–H and O–H groups in total. The summed E-state index contributed by atoms with van der Waals surface area (Å²) in [5, 5.41) is 3.37. The Balaban J connectivity index is 1.82. The first-order valence-corrected chi connectivity index (χ1v) is 17.3. The van der Waals surface area contributed by atoms with Crippen molar-refractivity contribution in [3.8, 4) is 17.2 Å². The quantitative estimate of drug-likeness (QED) is 0.160. The highest BCUT2D eigenvalue weighted by Crippen LogP contribution is 2.33. The van der Waals surface area contributed by atoms with Gasteiger partial charge in [0.1, 0.15) is 18.3 Å². The normalized spacial score (nSPS) is 11.7. The van der Waals surface area contributed by atoms with Gasteiger partial charge in [-0.1, -0.05) is 54.1 Å². The highest BCUT2D eigenvalue weighted by atomic mass is 35.5. The molecule has 0 saturated carbocycles. The summed E-state index contributed by atoms with van der Waals surface area (Å²) in [4.78, 5) is 29.5. The molecule has 254 valence electrons. The van der Waals surface area contributed by atoms with Crippen LogP contribution in [0, 0.1) is 0 Å². The highest BCUT2D eigenvalue weighted by Gasteiger charge is 2.35. The Morgan fingerprint density at radius 1 is 0.833 bits per heavy atom. The fraction of sp³-hybridized carbons (Fsp3) is 0.278. The number of nitrogens with zero attached hydrogens (tertiary/aromatic N) is 2. The van der Waals surface area contributed by atoms with E-state index in [2.05, 4.69) is 5.32 Å². The van der Waals surface area contributed by atoms with Crippen molar-refractivity contribution >= 4 is 39.1 Å². The second-order valence-corrected chi connectivity index (χ2v) is 13.0. The molecule has 12 heteroatoms. The van der Waals surface area contributed by atoms with Crippen molar-refractivity contribution in [2.24, 2.45) is 0 Å². The second kappa shape index (κ2) is 16.9. The zero-order valence-electron chi connectivity index (χ0n) is 27.4. The van der Waals surface area contributed by atoms with Gasteiger partial charge in [0.15, 0.2) is 11.5 Å². The lowest BCUT2D eigenvalue weighted by molar-refractivity contribution is -0.140. The van der Waals surface area contributed by atoms with Crippen LogP contribution in [0.3, 0.4) is 0 Å². The van der Waals surface area contributed by atoms with Gasteiger partial charge in [-0.15, -0.1) is 0 Å². The van der Waals surface area contributed by atoms with E-state index in [1.807, 2.05) is 37.3 Å². The monoisotopic (exact) mass is 693 g/mol. The summed E-state index contributed by atoms with van der Waals surface area (Å²) < 4.78 is 46.1. The molecular formula is C36H40ClN3O7S. The summed E-state index contributed by atoms with van der Waals surface area (Å²) in [6.45, 7) is 3.83. The topological polar surface area (TPSA) is 114 Å². The number of sulfonamides is 1. The number of ether oxygens (including phenoxy) is 3.